The number of aliphatic hydroxyl groups excluding tert-OH is 1. The Morgan fingerprint density at radius 2 is 2.15 bits per heavy atom. The smallest absolute Gasteiger partial charge is 0.246 e. The van der Waals surface area contributed by atoms with Gasteiger partial charge in [-0.25, -0.2) is 12.8 Å². The van der Waals surface area contributed by atoms with Crippen molar-refractivity contribution < 1.29 is 17.9 Å². The molecule has 7 heteroatoms. The van der Waals surface area contributed by atoms with Crippen LogP contribution in [0.3, 0.4) is 0 Å². The van der Waals surface area contributed by atoms with Gasteiger partial charge >= 0.3 is 0 Å². The van der Waals surface area contributed by atoms with Crippen molar-refractivity contribution in [3.63, 3.8) is 0 Å². The standard InChI is InChI=1S/C13H17FN2O3S/c1-10(9-17)16(2)20(18,19)13-6-5-11(4-3-7-15)8-12(13)14/h5-6,8,10,17H,7,9,15H2,1-2H3. The zero-order valence-electron chi connectivity index (χ0n) is 11.3. The van der Waals surface area contributed by atoms with Gasteiger partial charge in [-0.05, 0) is 25.1 Å². The maximum absolute atomic E-state index is 13.9. The number of benzene rings is 1. The number of halogens is 1. The monoisotopic (exact) mass is 300 g/mol. The van der Waals surface area contributed by atoms with Crippen LogP contribution in [0.5, 0.6) is 0 Å². The SMILES string of the molecule is CC(CO)N(C)S(=O)(=O)c1ccc(C#CCN)cc1F. The lowest BCUT2D eigenvalue weighted by molar-refractivity contribution is 0.213. The first-order valence-corrected chi connectivity index (χ1v) is 7.36. The first-order valence-electron chi connectivity index (χ1n) is 5.92. The lowest BCUT2D eigenvalue weighted by Gasteiger charge is -2.22. The Labute approximate surface area is 118 Å². The highest BCUT2D eigenvalue weighted by Crippen LogP contribution is 2.20. The molecule has 0 aliphatic heterocycles. The minimum atomic E-state index is -3.99. The first-order chi connectivity index (χ1) is 9.34. The Balaban J connectivity index is 3.20. The van der Waals surface area contributed by atoms with Gasteiger partial charge in [0.15, 0.2) is 0 Å². The number of aliphatic hydroxyl groups is 1. The fraction of sp³-hybridized carbons (Fsp3) is 0.385. The van der Waals surface area contributed by atoms with Crippen molar-refractivity contribution in [2.24, 2.45) is 5.73 Å². The van der Waals surface area contributed by atoms with Crippen molar-refractivity contribution in [3.05, 3.63) is 29.6 Å². The number of hydrogen-bond donors (Lipinski definition) is 2. The maximum Gasteiger partial charge on any atom is 0.246 e. The predicted molar refractivity (Wildman–Crippen MR) is 73.8 cm³/mol. The second kappa shape index (κ2) is 6.81. The van der Waals surface area contributed by atoms with E-state index in [0.29, 0.717) is 5.56 Å². The molecule has 0 saturated heterocycles. The Kier molecular flexibility index (Phi) is 5.65. The van der Waals surface area contributed by atoms with Crippen LogP contribution in [0.1, 0.15) is 12.5 Å². The van der Waals surface area contributed by atoms with Crippen molar-refractivity contribution in [2.45, 2.75) is 17.9 Å². The molecule has 1 aromatic rings. The van der Waals surface area contributed by atoms with E-state index in [-0.39, 0.29) is 13.2 Å². The summed E-state index contributed by atoms with van der Waals surface area (Å²) in [6, 6.07) is 2.98. The van der Waals surface area contributed by atoms with E-state index in [1.165, 1.54) is 20.0 Å². The van der Waals surface area contributed by atoms with Crippen molar-refractivity contribution >= 4 is 10.0 Å². The molecule has 0 radical (unpaired) electrons. The number of nitrogens with zero attached hydrogens (tertiary/aromatic N) is 1. The lowest BCUT2D eigenvalue weighted by atomic mass is 10.2. The van der Waals surface area contributed by atoms with Crippen LogP contribution >= 0.6 is 0 Å². The zero-order valence-corrected chi connectivity index (χ0v) is 12.1. The molecule has 1 atom stereocenters. The van der Waals surface area contributed by atoms with Gasteiger partial charge < -0.3 is 10.8 Å². The van der Waals surface area contributed by atoms with Gasteiger partial charge in [-0.3, -0.25) is 0 Å². The second-order valence-electron chi connectivity index (χ2n) is 4.20. The minimum absolute atomic E-state index is 0.137. The highest BCUT2D eigenvalue weighted by molar-refractivity contribution is 7.89. The summed E-state index contributed by atoms with van der Waals surface area (Å²) in [6.07, 6.45) is 0. The van der Waals surface area contributed by atoms with Gasteiger partial charge in [-0.1, -0.05) is 11.8 Å². The molecule has 3 N–H and O–H groups in total. The number of hydrogen-bond acceptors (Lipinski definition) is 4. The third-order valence-corrected chi connectivity index (χ3v) is 4.81. The summed E-state index contributed by atoms with van der Waals surface area (Å²) in [4.78, 5) is -0.446. The number of likely N-dealkylation sites (N-methyl/N-ethyl adjacent to an activating group) is 1. The van der Waals surface area contributed by atoms with E-state index >= 15 is 0 Å². The summed E-state index contributed by atoms with van der Waals surface area (Å²) in [7, 11) is -2.70. The van der Waals surface area contributed by atoms with E-state index in [4.69, 9.17) is 10.8 Å². The third-order valence-electron chi connectivity index (χ3n) is 2.81. The van der Waals surface area contributed by atoms with Crippen LogP contribution in [0, 0.1) is 17.7 Å². The molecular weight excluding hydrogens is 283 g/mol. The molecule has 1 aromatic carbocycles. The number of nitrogens with two attached hydrogens (primary N) is 1. The quantitative estimate of drug-likeness (QED) is 0.775. The summed E-state index contributed by atoms with van der Waals surface area (Å²) in [5.74, 6) is 4.30. The predicted octanol–water partition coefficient (Wildman–Crippen LogP) is 0.137. The molecule has 5 nitrogen and oxygen atoms in total. The molecule has 0 heterocycles. The van der Waals surface area contributed by atoms with E-state index in [2.05, 4.69) is 11.8 Å². The zero-order chi connectivity index (χ0) is 15.3. The van der Waals surface area contributed by atoms with Crippen LogP contribution < -0.4 is 5.73 Å². The molecule has 0 fully saturated rings. The van der Waals surface area contributed by atoms with Crippen LogP contribution in [0.2, 0.25) is 0 Å². The van der Waals surface area contributed by atoms with E-state index < -0.39 is 26.8 Å². The van der Waals surface area contributed by atoms with Crippen molar-refractivity contribution in [1.29, 1.82) is 0 Å². The fourth-order valence-electron chi connectivity index (χ4n) is 1.45. The lowest BCUT2D eigenvalue weighted by Crippen LogP contribution is -2.37. The normalized spacial score (nSPS) is 12.9. The van der Waals surface area contributed by atoms with E-state index in [1.54, 1.807) is 0 Å². The van der Waals surface area contributed by atoms with Gasteiger partial charge in [-0.15, -0.1) is 0 Å². The highest BCUT2D eigenvalue weighted by atomic mass is 32.2. The van der Waals surface area contributed by atoms with Crippen molar-refractivity contribution in [1.82, 2.24) is 4.31 Å². The molecule has 0 amide bonds. The average molecular weight is 300 g/mol. The van der Waals surface area contributed by atoms with Crippen LogP contribution in [-0.2, 0) is 10.0 Å². The Hall–Kier alpha value is -1.46. The summed E-state index contributed by atoms with van der Waals surface area (Å²) >= 11 is 0. The Bertz CT molecular complexity index is 635. The summed E-state index contributed by atoms with van der Waals surface area (Å²) in [5.41, 5.74) is 5.56. The van der Waals surface area contributed by atoms with Crippen LogP contribution in [-0.4, -0.2) is 44.1 Å². The third kappa shape index (κ3) is 3.55. The Morgan fingerprint density at radius 3 is 2.65 bits per heavy atom. The van der Waals surface area contributed by atoms with Gasteiger partial charge in [0.05, 0.1) is 13.2 Å². The maximum atomic E-state index is 13.9. The molecule has 0 aromatic heterocycles. The fourth-order valence-corrected chi connectivity index (χ4v) is 2.84. The van der Waals surface area contributed by atoms with E-state index in [1.807, 2.05) is 0 Å². The van der Waals surface area contributed by atoms with Gasteiger partial charge in [0, 0.05) is 18.7 Å². The van der Waals surface area contributed by atoms with Gasteiger partial charge in [0.1, 0.15) is 10.7 Å². The van der Waals surface area contributed by atoms with E-state index in [0.717, 1.165) is 16.4 Å². The van der Waals surface area contributed by atoms with Crippen LogP contribution in [0.25, 0.3) is 0 Å². The molecule has 0 bridgehead atoms. The molecule has 0 saturated carbocycles. The second-order valence-corrected chi connectivity index (χ2v) is 6.17. The Morgan fingerprint density at radius 1 is 1.50 bits per heavy atom. The van der Waals surface area contributed by atoms with Crippen LogP contribution in [0.15, 0.2) is 23.1 Å². The molecule has 110 valence electrons. The highest BCUT2D eigenvalue weighted by Gasteiger charge is 2.27. The van der Waals surface area contributed by atoms with Crippen molar-refractivity contribution in [3.8, 4) is 11.8 Å². The first kappa shape index (κ1) is 16.6. The molecule has 1 rings (SSSR count). The molecule has 20 heavy (non-hydrogen) atoms. The summed E-state index contributed by atoms with van der Waals surface area (Å²) in [6.45, 7) is 1.31. The molecule has 1 unspecified atom stereocenters. The van der Waals surface area contributed by atoms with E-state index in [9.17, 15) is 12.8 Å². The number of rotatable bonds is 4. The molecule has 0 aliphatic rings. The van der Waals surface area contributed by atoms with Crippen molar-refractivity contribution in [2.75, 3.05) is 20.2 Å². The molecule has 0 spiro atoms. The summed E-state index contributed by atoms with van der Waals surface area (Å²) in [5, 5.41) is 9.00. The van der Waals surface area contributed by atoms with Gasteiger partial charge in [0.2, 0.25) is 10.0 Å². The molecular formula is C13H17FN2O3S. The van der Waals surface area contributed by atoms with Crippen LogP contribution in [0.4, 0.5) is 4.39 Å². The minimum Gasteiger partial charge on any atom is -0.395 e. The van der Waals surface area contributed by atoms with Gasteiger partial charge in [0.25, 0.3) is 0 Å². The largest absolute Gasteiger partial charge is 0.395 e. The van der Waals surface area contributed by atoms with Gasteiger partial charge in [-0.2, -0.15) is 4.31 Å². The topological polar surface area (TPSA) is 83.6 Å². The average Bonchev–Trinajstić information content (AvgIpc) is 2.43. The summed E-state index contributed by atoms with van der Waals surface area (Å²) < 4.78 is 39.3. The molecule has 0 aliphatic carbocycles. The number of sulfonamides is 1.